The van der Waals surface area contributed by atoms with Crippen molar-refractivity contribution >= 4 is 52.8 Å². The first kappa shape index (κ1) is 44.4. The van der Waals surface area contributed by atoms with Crippen molar-refractivity contribution in [3.63, 3.8) is 0 Å². The molecule has 334 valence electrons. The van der Waals surface area contributed by atoms with Crippen molar-refractivity contribution in [3.05, 3.63) is 213 Å². The first-order chi connectivity index (χ1) is 32.6. The smallest absolute Gasteiger partial charge is 0.338 e. The van der Waals surface area contributed by atoms with Crippen LogP contribution in [0.1, 0.15) is 37.3 Å². The second kappa shape index (κ2) is 19.4. The van der Waals surface area contributed by atoms with Crippen molar-refractivity contribution in [1.29, 1.82) is 0 Å². The number of hydrogen-bond acceptors (Lipinski definition) is 11. The summed E-state index contributed by atoms with van der Waals surface area (Å²) in [5.41, 5.74) is 1.98. The number of esters is 3. The zero-order valence-electron chi connectivity index (χ0n) is 35.4. The molecule has 0 saturated carbocycles. The highest BCUT2D eigenvalue weighted by Gasteiger charge is 2.52. The van der Waals surface area contributed by atoms with E-state index in [1.165, 1.54) is 40.5 Å². The van der Waals surface area contributed by atoms with Gasteiger partial charge in [0.2, 0.25) is 0 Å². The molecule has 6 aromatic carbocycles. The SMILES string of the molecule is COc1ccc(-n2c(=O)c3c(-c4ccc(F)cc4)cc(-c4ccc(Cl)cc4)nc3n([C@@H]3O[C@H](COC(=O)c4ccccc4)[C@@H](OC(=O)c4ccccc4)[C@H]3OC(=O)c3ccccc3)c2=S)cc1. The number of pyridine rings is 1. The van der Waals surface area contributed by atoms with E-state index in [0.29, 0.717) is 38.8 Å². The van der Waals surface area contributed by atoms with Gasteiger partial charge in [0.25, 0.3) is 5.56 Å². The molecule has 4 atom stereocenters. The van der Waals surface area contributed by atoms with E-state index >= 15 is 4.79 Å². The number of methoxy groups -OCH3 is 1. The highest BCUT2D eigenvalue weighted by Crippen LogP contribution is 2.40. The highest BCUT2D eigenvalue weighted by molar-refractivity contribution is 7.71. The number of carbonyl (C=O) groups excluding carboxylic acids is 3. The van der Waals surface area contributed by atoms with Gasteiger partial charge in [0.15, 0.2) is 28.9 Å². The topological polar surface area (TPSA) is 137 Å². The number of benzene rings is 6. The minimum absolute atomic E-state index is 0.0160. The Kier molecular flexibility index (Phi) is 12.8. The molecule has 1 aliphatic heterocycles. The predicted octanol–water partition coefficient (Wildman–Crippen LogP) is 10.3. The van der Waals surface area contributed by atoms with Crippen molar-refractivity contribution in [2.75, 3.05) is 13.7 Å². The lowest BCUT2D eigenvalue weighted by molar-refractivity contribution is -0.0617. The summed E-state index contributed by atoms with van der Waals surface area (Å²) in [5, 5.41) is 0.480. The molecule has 1 fully saturated rings. The molecule has 0 spiro atoms. The van der Waals surface area contributed by atoms with Crippen molar-refractivity contribution in [1.82, 2.24) is 14.1 Å². The summed E-state index contributed by atoms with van der Waals surface area (Å²) in [5.74, 6) is -2.32. The van der Waals surface area contributed by atoms with Gasteiger partial charge in [-0.15, -0.1) is 0 Å². The Bertz CT molecular complexity index is 3230. The van der Waals surface area contributed by atoms with E-state index in [9.17, 15) is 18.8 Å². The van der Waals surface area contributed by atoms with Crippen molar-refractivity contribution in [3.8, 4) is 33.8 Å². The van der Waals surface area contributed by atoms with Crippen LogP contribution < -0.4 is 10.3 Å². The van der Waals surface area contributed by atoms with E-state index in [1.807, 2.05) is 0 Å². The lowest BCUT2D eigenvalue weighted by Crippen LogP contribution is -2.42. The molecule has 0 radical (unpaired) electrons. The monoisotopic (exact) mass is 933 g/mol. The fourth-order valence-electron chi connectivity index (χ4n) is 7.79. The Hall–Kier alpha value is -7.78. The molecule has 0 bridgehead atoms. The van der Waals surface area contributed by atoms with Crippen molar-refractivity contribution < 1.29 is 42.5 Å². The largest absolute Gasteiger partial charge is 0.497 e. The number of hydrogen-bond donors (Lipinski definition) is 0. The zero-order valence-corrected chi connectivity index (χ0v) is 36.9. The third-order valence-electron chi connectivity index (χ3n) is 11.1. The fourth-order valence-corrected chi connectivity index (χ4v) is 8.30. The van der Waals surface area contributed by atoms with E-state index in [-0.39, 0.29) is 32.5 Å². The third kappa shape index (κ3) is 9.23. The van der Waals surface area contributed by atoms with Crippen LogP contribution in [0.4, 0.5) is 4.39 Å². The summed E-state index contributed by atoms with van der Waals surface area (Å²) in [7, 11) is 1.51. The molecule has 3 heterocycles. The molecule has 1 saturated heterocycles. The van der Waals surface area contributed by atoms with Crippen LogP contribution in [-0.2, 0) is 18.9 Å². The number of ether oxygens (including phenoxy) is 5. The van der Waals surface area contributed by atoms with Gasteiger partial charge >= 0.3 is 17.9 Å². The predicted molar refractivity (Wildman–Crippen MR) is 250 cm³/mol. The Morgan fingerprint density at radius 2 is 1.24 bits per heavy atom. The van der Waals surface area contributed by atoms with Crippen LogP contribution in [0.2, 0.25) is 5.02 Å². The van der Waals surface area contributed by atoms with Crippen LogP contribution in [0.5, 0.6) is 5.75 Å². The summed E-state index contributed by atoms with van der Waals surface area (Å²) in [6, 6.07) is 45.3. The van der Waals surface area contributed by atoms with Gasteiger partial charge in [-0.05, 0) is 109 Å². The van der Waals surface area contributed by atoms with Crippen molar-refractivity contribution in [2.24, 2.45) is 0 Å². The lowest BCUT2D eigenvalue weighted by Gasteiger charge is -2.27. The van der Waals surface area contributed by atoms with Gasteiger partial charge in [0.1, 0.15) is 24.3 Å². The molecule has 0 aliphatic carbocycles. The molecule has 2 aromatic heterocycles. The molecular formula is C52H37ClFN3O9S. The maximum atomic E-state index is 15.3. The quantitative estimate of drug-likeness (QED) is 0.0658. The van der Waals surface area contributed by atoms with Gasteiger partial charge in [-0.1, -0.05) is 90.5 Å². The summed E-state index contributed by atoms with van der Waals surface area (Å²) in [6.07, 6.45) is -5.86. The minimum Gasteiger partial charge on any atom is -0.497 e. The average molecular weight is 934 g/mol. The minimum atomic E-state index is -1.55. The first-order valence-corrected chi connectivity index (χ1v) is 21.6. The van der Waals surface area contributed by atoms with Gasteiger partial charge in [-0.25, -0.2) is 23.8 Å². The summed E-state index contributed by atoms with van der Waals surface area (Å²) in [6.45, 7) is -0.496. The number of rotatable bonds is 12. The van der Waals surface area contributed by atoms with E-state index in [1.54, 1.807) is 146 Å². The normalized spacial score (nSPS) is 16.6. The molecule has 8 aromatic rings. The Labute approximate surface area is 392 Å². The number of halogens is 2. The number of nitrogens with zero attached hydrogens (tertiary/aromatic N) is 3. The van der Waals surface area contributed by atoms with Crippen molar-refractivity contribution in [2.45, 2.75) is 24.5 Å². The molecule has 12 nitrogen and oxygen atoms in total. The van der Waals surface area contributed by atoms with Gasteiger partial charge in [-0.2, -0.15) is 0 Å². The zero-order chi connectivity index (χ0) is 46.6. The van der Waals surface area contributed by atoms with E-state index < -0.39 is 60.4 Å². The second-order valence-corrected chi connectivity index (χ2v) is 16.1. The number of fused-ring (bicyclic) bond motifs is 1. The average Bonchev–Trinajstić information content (AvgIpc) is 3.68. The van der Waals surface area contributed by atoms with Crippen LogP contribution in [0, 0.1) is 10.6 Å². The molecular weight excluding hydrogens is 897 g/mol. The summed E-state index contributed by atoms with van der Waals surface area (Å²) < 4.78 is 47.8. The Morgan fingerprint density at radius 1 is 0.701 bits per heavy atom. The third-order valence-corrected chi connectivity index (χ3v) is 11.7. The Balaban J connectivity index is 1.32. The van der Waals surface area contributed by atoms with Gasteiger partial charge in [0.05, 0.1) is 40.6 Å². The maximum Gasteiger partial charge on any atom is 0.338 e. The Morgan fingerprint density at radius 3 is 1.81 bits per heavy atom. The van der Waals surface area contributed by atoms with Crippen LogP contribution in [0.25, 0.3) is 39.1 Å². The molecule has 0 amide bonds. The highest BCUT2D eigenvalue weighted by atomic mass is 35.5. The number of carbonyl (C=O) groups is 3. The van der Waals surface area contributed by atoms with Crippen LogP contribution >= 0.6 is 23.8 Å². The molecule has 0 N–H and O–H groups in total. The summed E-state index contributed by atoms with van der Waals surface area (Å²) >= 11 is 12.6. The standard InChI is InChI=1S/C52H37ClFN3O9S/c1-62-39-27-25-38(26-28-39)56-47(58)43-40(31-19-23-37(54)24-20-31)29-41(32-17-21-36(53)22-18-32)55-46(43)57(52(56)67)48-45(66-51(61)35-15-9-4-10-16-35)44(65-50(60)34-13-7-3-8-14-34)42(64-48)30-63-49(59)33-11-5-2-6-12-33/h2-29,42,44-45,48H,30H2,1H3/t42-,44-,45-,48-/m1/s1. The van der Waals surface area contributed by atoms with Gasteiger partial charge in [0, 0.05) is 16.1 Å². The van der Waals surface area contributed by atoms with Crippen LogP contribution in [-0.4, -0.2) is 64.1 Å². The van der Waals surface area contributed by atoms with Crippen LogP contribution in [0.3, 0.4) is 0 Å². The van der Waals surface area contributed by atoms with E-state index in [2.05, 4.69) is 0 Å². The molecule has 0 unspecified atom stereocenters. The molecule has 15 heteroatoms. The van der Waals surface area contributed by atoms with Gasteiger partial charge < -0.3 is 23.7 Å². The molecule has 67 heavy (non-hydrogen) atoms. The van der Waals surface area contributed by atoms with Gasteiger partial charge in [-0.3, -0.25) is 13.9 Å². The lowest BCUT2D eigenvalue weighted by atomic mass is 10.00. The second-order valence-electron chi connectivity index (χ2n) is 15.3. The van der Waals surface area contributed by atoms with Crippen LogP contribution in [0.15, 0.2) is 175 Å². The molecule has 1 aliphatic rings. The maximum absolute atomic E-state index is 15.3. The van der Waals surface area contributed by atoms with E-state index in [0.717, 1.165) is 0 Å². The summed E-state index contributed by atoms with van der Waals surface area (Å²) in [4.78, 5) is 62.1. The molecule has 9 rings (SSSR count). The fraction of sp³-hybridized carbons (Fsp3) is 0.115. The number of aromatic nitrogens is 3. The van der Waals surface area contributed by atoms with E-state index in [4.69, 9.17) is 52.5 Å². The first-order valence-electron chi connectivity index (χ1n) is 20.9.